The van der Waals surface area contributed by atoms with E-state index in [1.807, 2.05) is 0 Å². The molecule has 1 aliphatic heterocycles. The highest BCUT2D eigenvalue weighted by Gasteiger charge is 2.47. The number of ketones is 1. The molecule has 0 radical (unpaired) electrons. The van der Waals surface area contributed by atoms with Crippen LogP contribution in [0.15, 0.2) is 78.6 Å². The lowest BCUT2D eigenvalue weighted by Crippen LogP contribution is -2.29. The molecule has 31 heavy (non-hydrogen) atoms. The molecule has 0 aliphatic carbocycles. The van der Waals surface area contributed by atoms with Crippen LogP contribution < -0.4 is 14.4 Å². The van der Waals surface area contributed by atoms with Crippen molar-refractivity contribution in [1.29, 1.82) is 0 Å². The third-order valence-electron chi connectivity index (χ3n) is 5.14. The number of hydrogen-bond acceptors (Lipinski definition) is 6. The number of ether oxygens (including phenoxy) is 2. The second-order valence-corrected chi connectivity index (χ2v) is 6.86. The Morgan fingerprint density at radius 3 is 2.35 bits per heavy atom. The minimum atomic E-state index is -0.871. The van der Waals surface area contributed by atoms with Crippen molar-refractivity contribution in [1.82, 2.24) is 4.98 Å². The lowest BCUT2D eigenvalue weighted by Gasteiger charge is -2.25. The molecule has 1 aliphatic rings. The van der Waals surface area contributed by atoms with Crippen molar-refractivity contribution in [3.63, 3.8) is 0 Å². The molecule has 0 saturated carbocycles. The van der Waals surface area contributed by atoms with Crippen molar-refractivity contribution in [3.05, 3.63) is 89.8 Å². The fourth-order valence-electron chi connectivity index (χ4n) is 3.68. The summed E-state index contributed by atoms with van der Waals surface area (Å²) >= 11 is 0. The summed E-state index contributed by atoms with van der Waals surface area (Å²) in [6.07, 6.45) is 3.08. The molecule has 3 aromatic rings. The first-order chi connectivity index (χ1) is 15.1. The van der Waals surface area contributed by atoms with Crippen LogP contribution in [0.25, 0.3) is 5.76 Å². The molecule has 1 fully saturated rings. The SMILES string of the molecule is COc1ccc([C@H]2C(=C(O)c3ccccc3)C(=O)C(=O)N2c2cccnc2)cc1OC. The first kappa shape index (κ1) is 20.2. The third kappa shape index (κ3) is 3.50. The number of amides is 1. The first-order valence-corrected chi connectivity index (χ1v) is 9.55. The molecule has 156 valence electrons. The number of methoxy groups -OCH3 is 2. The molecular formula is C24H20N2O5. The van der Waals surface area contributed by atoms with E-state index in [-0.39, 0.29) is 11.3 Å². The van der Waals surface area contributed by atoms with E-state index in [0.717, 1.165) is 0 Å². The zero-order valence-electron chi connectivity index (χ0n) is 17.0. The minimum absolute atomic E-state index is 0.00715. The number of rotatable bonds is 5. The van der Waals surface area contributed by atoms with Crippen LogP contribution in [0.4, 0.5) is 5.69 Å². The maximum Gasteiger partial charge on any atom is 0.300 e. The number of aromatic nitrogens is 1. The van der Waals surface area contributed by atoms with Crippen LogP contribution in [0.2, 0.25) is 0 Å². The normalized spacial score (nSPS) is 17.6. The number of carbonyl (C=O) groups is 2. The lowest BCUT2D eigenvalue weighted by molar-refractivity contribution is -0.132. The summed E-state index contributed by atoms with van der Waals surface area (Å²) in [4.78, 5) is 31.6. The molecule has 1 aromatic heterocycles. The van der Waals surface area contributed by atoms with E-state index in [2.05, 4.69) is 4.98 Å². The molecule has 0 unspecified atom stereocenters. The van der Waals surface area contributed by atoms with Crippen molar-refractivity contribution in [2.75, 3.05) is 19.1 Å². The Bertz CT molecular complexity index is 1160. The van der Waals surface area contributed by atoms with Gasteiger partial charge >= 0.3 is 0 Å². The van der Waals surface area contributed by atoms with Gasteiger partial charge in [0.15, 0.2) is 11.5 Å². The van der Waals surface area contributed by atoms with Gasteiger partial charge in [0.25, 0.3) is 11.7 Å². The molecule has 2 aromatic carbocycles. The molecule has 2 heterocycles. The van der Waals surface area contributed by atoms with E-state index in [4.69, 9.17) is 9.47 Å². The fraction of sp³-hybridized carbons (Fsp3) is 0.125. The van der Waals surface area contributed by atoms with Crippen LogP contribution in [0.3, 0.4) is 0 Å². The van der Waals surface area contributed by atoms with Gasteiger partial charge in [0, 0.05) is 11.8 Å². The monoisotopic (exact) mass is 416 g/mol. The minimum Gasteiger partial charge on any atom is -0.507 e. The number of pyridine rings is 1. The van der Waals surface area contributed by atoms with E-state index in [0.29, 0.717) is 28.3 Å². The van der Waals surface area contributed by atoms with Crippen molar-refractivity contribution in [3.8, 4) is 11.5 Å². The summed E-state index contributed by atoms with van der Waals surface area (Å²) in [5.74, 6) is -0.815. The molecule has 1 atom stereocenters. The molecule has 1 N–H and O–H groups in total. The van der Waals surface area contributed by atoms with Gasteiger partial charge in [0.2, 0.25) is 0 Å². The number of nitrogens with zero attached hydrogens (tertiary/aromatic N) is 2. The number of carbonyl (C=O) groups excluding carboxylic acids is 2. The van der Waals surface area contributed by atoms with Gasteiger partial charge in [0.05, 0.1) is 37.7 Å². The van der Waals surface area contributed by atoms with E-state index in [1.54, 1.807) is 66.9 Å². The van der Waals surface area contributed by atoms with Crippen molar-refractivity contribution >= 4 is 23.1 Å². The summed E-state index contributed by atoms with van der Waals surface area (Å²) < 4.78 is 10.7. The summed E-state index contributed by atoms with van der Waals surface area (Å²) in [5, 5.41) is 11.0. The van der Waals surface area contributed by atoms with Gasteiger partial charge in [-0.05, 0) is 29.8 Å². The lowest BCUT2D eigenvalue weighted by atomic mass is 9.95. The largest absolute Gasteiger partial charge is 0.507 e. The topological polar surface area (TPSA) is 89.0 Å². The summed E-state index contributed by atoms with van der Waals surface area (Å²) in [7, 11) is 3.03. The molecule has 1 amide bonds. The summed E-state index contributed by atoms with van der Waals surface area (Å²) in [6, 6.07) is 16.3. The Labute approximate surface area is 179 Å². The molecule has 0 spiro atoms. The molecular weight excluding hydrogens is 396 g/mol. The smallest absolute Gasteiger partial charge is 0.300 e. The number of aliphatic hydroxyl groups excluding tert-OH is 1. The molecule has 0 bridgehead atoms. The molecule has 7 heteroatoms. The Balaban J connectivity index is 1.96. The highest BCUT2D eigenvalue weighted by molar-refractivity contribution is 6.51. The van der Waals surface area contributed by atoms with Crippen LogP contribution in [-0.4, -0.2) is 36.0 Å². The Morgan fingerprint density at radius 1 is 0.968 bits per heavy atom. The van der Waals surface area contributed by atoms with E-state index < -0.39 is 17.7 Å². The van der Waals surface area contributed by atoms with E-state index in [9.17, 15) is 14.7 Å². The molecule has 1 saturated heterocycles. The van der Waals surface area contributed by atoms with E-state index in [1.165, 1.54) is 25.3 Å². The van der Waals surface area contributed by atoms with Crippen molar-refractivity contribution < 1.29 is 24.2 Å². The van der Waals surface area contributed by atoms with E-state index >= 15 is 0 Å². The van der Waals surface area contributed by atoms with Gasteiger partial charge < -0.3 is 14.6 Å². The number of benzene rings is 2. The van der Waals surface area contributed by atoms with Crippen LogP contribution in [0, 0.1) is 0 Å². The predicted molar refractivity (Wildman–Crippen MR) is 115 cm³/mol. The second-order valence-electron chi connectivity index (χ2n) is 6.86. The number of Topliss-reactive ketones (excluding diaryl/α,β-unsaturated/α-hetero) is 1. The number of aliphatic hydroxyl groups is 1. The second kappa shape index (κ2) is 8.31. The average molecular weight is 416 g/mol. The molecule has 4 rings (SSSR count). The van der Waals surface area contributed by atoms with Gasteiger partial charge in [-0.15, -0.1) is 0 Å². The van der Waals surface area contributed by atoms with Crippen LogP contribution in [0.5, 0.6) is 11.5 Å². The van der Waals surface area contributed by atoms with Crippen LogP contribution in [0.1, 0.15) is 17.2 Å². The molecule has 7 nitrogen and oxygen atoms in total. The summed E-state index contributed by atoms with van der Waals surface area (Å²) in [6.45, 7) is 0. The van der Waals surface area contributed by atoms with Gasteiger partial charge in [-0.1, -0.05) is 36.4 Å². The summed E-state index contributed by atoms with van der Waals surface area (Å²) in [5.41, 5.74) is 1.46. The maximum atomic E-state index is 13.1. The zero-order chi connectivity index (χ0) is 22.0. The maximum absolute atomic E-state index is 13.1. The Hall–Kier alpha value is -4.13. The predicted octanol–water partition coefficient (Wildman–Crippen LogP) is 3.73. The average Bonchev–Trinajstić information content (AvgIpc) is 3.09. The quantitative estimate of drug-likeness (QED) is 0.387. The number of anilines is 1. The third-order valence-corrected chi connectivity index (χ3v) is 5.14. The van der Waals surface area contributed by atoms with Gasteiger partial charge in [0.1, 0.15) is 5.76 Å². The van der Waals surface area contributed by atoms with Gasteiger partial charge in [-0.3, -0.25) is 19.5 Å². The first-order valence-electron chi connectivity index (χ1n) is 9.55. The van der Waals surface area contributed by atoms with Crippen LogP contribution in [-0.2, 0) is 9.59 Å². The van der Waals surface area contributed by atoms with Gasteiger partial charge in [-0.2, -0.15) is 0 Å². The fourth-order valence-corrected chi connectivity index (χ4v) is 3.68. The standard InChI is InChI=1S/C24H20N2O5/c1-30-18-11-10-16(13-19(18)31-2)21-20(22(27)15-7-4-3-5-8-15)23(28)24(29)26(21)17-9-6-12-25-14-17/h3-14,21,27H,1-2H3/t21-/m0/s1. The van der Waals surface area contributed by atoms with Crippen LogP contribution >= 0.6 is 0 Å². The Morgan fingerprint density at radius 2 is 1.71 bits per heavy atom. The number of hydrogen-bond donors (Lipinski definition) is 1. The highest BCUT2D eigenvalue weighted by Crippen LogP contribution is 2.43. The zero-order valence-corrected chi connectivity index (χ0v) is 17.0. The van der Waals surface area contributed by atoms with Crippen molar-refractivity contribution in [2.45, 2.75) is 6.04 Å². The Kier molecular flexibility index (Phi) is 5.41. The van der Waals surface area contributed by atoms with Gasteiger partial charge in [-0.25, -0.2) is 0 Å². The highest BCUT2D eigenvalue weighted by atomic mass is 16.5. The van der Waals surface area contributed by atoms with Crippen molar-refractivity contribution in [2.24, 2.45) is 0 Å².